The summed E-state index contributed by atoms with van der Waals surface area (Å²) >= 11 is 0. The normalized spacial score (nSPS) is 10.7. The van der Waals surface area contributed by atoms with Crippen LogP contribution in [0.15, 0.2) is 87.3 Å². The van der Waals surface area contributed by atoms with Crippen LogP contribution < -0.4 is 22.3 Å². The molecule has 0 aliphatic rings. The Morgan fingerprint density at radius 3 is 2.33 bits per heavy atom. The van der Waals surface area contributed by atoms with E-state index in [9.17, 15) is 19.2 Å². The molecule has 2 heterocycles. The van der Waals surface area contributed by atoms with Gasteiger partial charge in [0, 0.05) is 30.2 Å². The van der Waals surface area contributed by atoms with Crippen molar-refractivity contribution in [3.05, 3.63) is 115 Å². The highest BCUT2D eigenvalue weighted by Gasteiger charge is 2.15. The number of carbonyl (C=O) groups is 1. The van der Waals surface area contributed by atoms with E-state index >= 15 is 0 Å². The Hall–Kier alpha value is -4.73. The maximum absolute atomic E-state index is 13.3. The summed E-state index contributed by atoms with van der Waals surface area (Å²) in [5, 5.41) is 3.04. The Kier molecular flexibility index (Phi) is 7.24. The van der Waals surface area contributed by atoms with Gasteiger partial charge in [-0.3, -0.25) is 18.7 Å². The lowest BCUT2D eigenvalue weighted by Gasteiger charge is -2.16. The van der Waals surface area contributed by atoms with E-state index in [2.05, 4.69) is 15.0 Å². The first-order valence-electron chi connectivity index (χ1n) is 11.2. The van der Waals surface area contributed by atoms with E-state index in [0.717, 1.165) is 15.7 Å². The van der Waals surface area contributed by atoms with Gasteiger partial charge in [0.15, 0.2) is 0 Å². The monoisotopic (exact) mass is 487 g/mol. The summed E-state index contributed by atoms with van der Waals surface area (Å²) in [5.41, 5.74) is 1.59. The molecule has 0 bridgehead atoms. The number of methoxy groups -OCH3 is 1. The fourth-order valence-electron chi connectivity index (χ4n) is 3.62. The first-order chi connectivity index (χ1) is 17.4. The number of anilines is 2. The van der Waals surface area contributed by atoms with Gasteiger partial charge in [-0.05, 0) is 42.8 Å². The number of carbonyl (C=O) groups excluding carboxylic acids is 1. The average Bonchev–Trinajstić information content (AvgIpc) is 2.88. The third-order valence-corrected chi connectivity index (χ3v) is 5.60. The van der Waals surface area contributed by atoms with Crippen molar-refractivity contribution >= 4 is 17.6 Å². The zero-order chi connectivity index (χ0) is 25.7. The zero-order valence-corrected chi connectivity index (χ0v) is 19.9. The quantitative estimate of drug-likeness (QED) is 0.379. The van der Waals surface area contributed by atoms with E-state index < -0.39 is 17.3 Å². The summed E-state index contributed by atoms with van der Waals surface area (Å²) in [4.78, 5) is 53.7. The molecule has 0 saturated carbocycles. The predicted molar refractivity (Wildman–Crippen MR) is 135 cm³/mol. The van der Waals surface area contributed by atoms with Gasteiger partial charge < -0.3 is 10.1 Å². The topological polar surface area (TPSA) is 117 Å². The molecule has 0 aliphatic heterocycles. The molecule has 10 nitrogen and oxygen atoms in total. The van der Waals surface area contributed by atoms with Crippen LogP contribution in [0.25, 0.3) is 5.69 Å². The zero-order valence-electron chi connectivity index (χ0n) is 19.9. The van der Waals surface area contributed by atoms with E-state index in [4.69, 9.17) is 0 Å². The standard InChI is InChI=1S/C26H25N5O5/c1-18-6-8-19(9-7-18)17-31-24(28-25(34)30(26(31)35)16-14-23(33)36-2)27-20-10-12-21(13-11-20)29-15-4-3-5-22(29)32/h3-13,15H,14,16-17H2,1-2H3,(H,27,28,34). The van der Waals surface area contributed by atoms with E-state index in [1.807, 2.05) is 31.2 Å². The number of nitrogens with one attached hydrogen (secondary N) is 1. The molecular formula is C26H25N5O5. The van der Waals surface area contributed by atoms with Crippen molar-refractivity contribution < 1.29 is 9.53 Å². The number of benzene rings is 2. The highest BCUT2D eigenvalue weighted by molar-refractivity contribution is 5.69. The molecule has 0 unspecified atom stereocenters. The highest BCUT2D eigenvalue weighted by Crippen LogP contribution is 2.16. The van der Waals surface area contributed by atoms with Crippen LogP contribution in [0, 0.1) is 6.92 Å². The van der Waals surface area contributed by atoms with Crippen LogP contribution in [0.4, 0.5) is 11.6 Å². The smallest absolute Gasteiger partial charge is 0.354 e. The van der Waals surface area contributed by atoms with Gasteiger partial charge in [-0.2, -0.15) is 4.98 Å². The van der Waals surface area contributed by atoms with Crippen LogP contribution in [0.1, 0.15) is 17.5 Å². The predicted octanol–water partition coefficient (Wildman–Crippen LogP) is 2.22. The molecule has 2 aromatic heterocycles. The fraction of sp³-hybridized carbons (Fsp3) is 0.192. The van der Waals surface area contributed by atoms with Gasteiger partial charge in [0.25, 0.3) is 5.56 Å². The third-order valence-electron chi connectivity index (χ3n) is 5.60. The van der Waals surface area contributed by atoms with E-state index in [1.54, 1.807) is 42.6 Å². The van der Waals surface area contributed by atoms with Crippen molar-refractivity contribution in [3.63, 3.8) is 0 Å². The first kappa shape index (κ1) is 24.4. The molecule has 0 radical (unpaired) electrons. The number of esters is 1. The number of ether oxygens (including phenoxy) is 1. The number of hydrogen-bond acceptors (Lipinski definition) is 7. The maximum atomic E-state index is 13.3. The molecule has 0 aliphatic carbocycles. The number of hydrogen-bond donors (Lipinski definition) is 1. The lowest BCUT2D eigenvalue weighted by molar-refractivity contribution is -0.140. The molecule has 36 heavy (non-hydrogen) atoms. The van der Waals surface area contributed by atoms with Crippen LogP contribution in [-0.2, 0) is 22.6 Å². The van der Waals surface area contributed by atoms with Crippen molar-refractivity contribution in [2.45, 2.75) is 26.4 Å². The van der Waals surface area contributed by atoms with Gasteiger partial charge in [0.05, 0.1) is 20.1 Å². The van der Waals surface area contributed by atoms with Gasteiger partial charge in [0.1, 0.15) is 0 Å². The van der Waals surface area contributed by atoms with Crippen LogP contribution in [0.3, 0.4) is 0 Å². The van der Waals surface area contributed by atoms with Crippen molar-refractivity contribution in [2.75, 3.05) is 12.4 Å². The lowest BCUT2D eigenvalue weighted by atomic mass is 10.1. The summed E-state index contributed by atoms with van der Waals surface area (Å²) < 4.78 is 8.39. The minimum Gasteiger partial charge on any atom is -0.469 e. The van der Waals surface area contributed by atoms with Gasteiger partial charge in [0.2, 0.25) is 5.95 Å². The van der Waals surface area contributed by atoms with Gasteiger partial charge in [-0.1, -0.05) is 35.9 Å². The second-order valence-corrected chi connectivity index (χ2v) is 8.13. The number of nitrogens with zero attached hydrogens (tertiary/aromatic N) is 4. The Bertz CT molecular complexity index is 1550. The number of aromatic nitrogens is 4. The van der Waals surface area contributed by atoms with Crippen molar-refractivity contribution in [3.8, 4) is 5.69 Å². The van der Waals surface area contributed by atoms with E-state index in [1.165, 1.54) is 22.3 Å². The van der Waals surface area contributed by atoms with Crippen LogP contribution in [0.2, 0.25) is 0 Å². The van der Waals surface area contributed by atoms with Crippen LogP contribution in [0.5, 0.6) is 0 Å². The van der Waals surface area contributed by atoms with Gasteiger partial charge >= 0.3 is 17.3 Å². The molecule has 184 valence electrons. The number of pyridine rings is 1. The van der Waals surface area contributed by atoms with Crippen LogP contribution in [-0.4, -0.2) is 31.8 Å². The summed E-state index contributed by atoms with van der Waals surface area (Å²) in [5.74, 6) is -0.476. The largest absolute Gasteiger partial charge is 0.469 e. The third kappa shape index (κ3) is 5.49. The molecule has 4 aromatic rings. The van der Waals surface area contributed by atoms with E-state index in [-0.39, 0.29) is 31.0 Å². The van der Waals surface area contributed by atoms with Gasteiger partial charge in [-0.25, -0.2) is 14.2 Å². The first-order valence-corrected chi connectivity index (χ1v) is 11.2. The summed E-state index contributed by atoms with van der Waals surface area (Å²) in [6.07, 6.45) is 1.53. The molecule has 10 heteroatoms. The number of aryl methyl sites for hydroxylation is 1. The highest BCUT2D eigenvalue weighted by atomic mass is 16.5. The molecular weight excluding hydrogens is 462 g/mol. The second kappa shape index (κ2) is 10.7. The summed E-state index contributed by atoms with van der Waals surface area (Å²) in [7, 11) is 1.24. The van der Waals surface area contributed by atoms with Crippen LogP contribution >= 0.6 is 0 Å². The Morgan fingerprint density at radius 1 is 0.944 bits per heavy atom. The lowest BCUT2D eigenvalue weighted by Crippen LogP contribution is -2.43. The Morgan fingerprint density at radius 2 is 1.67 bits per heavy atom. The molecule has 0 saturated heterocycles. The molecule has 0 spiro atoms. The average molecular weight is 488 g/mol. The summed E-state index contributed by atoms with van der Waals surface area (Å²) in [6, 6.07) is 19.5. The Labute approximate surface area is 206 Å². The minimum absolute atomic E-state index is 0.0597. The molecule has 0 amide bonds. The minimum atomic E-state index is -0.779. The van der Waals surface area contributed by atoms with Crippen molar-refractivity contribution in [1.29, 1.82) is 0 Å². The number of rotatable bonds is 8. The van der Waals surface area contributed by atoms with Crippen molar-refractivity contribution in [1.82, 2.24) is 18.7 Å². The maximum Gasteiger partial charge on any atom is 0.354 e. The summed E-state index contributed by atoms with van der Waals surface area (Å²) in [6.45, 7) is 1.97. The van der Waals surface area contributed by atoms with Crippen molar-refractivity contribution in [2.24, 2.45) is 0 Å². The van der Waals surface area contributed by atoms with Gasteiger partial charge in [-0.15, -0.1) is 0 Å². The molecule has 0 atom stereocenters. The Balaban J connectivity index is 1.70. The van der Waals surface area contributed by atoms with E-state index in [0.29, 0.717) is 11.4 Å². The second-order valence-electron chi connectivity index (χ2n) is 8.13. The molecule has 1 N–H and O–H groups in total. The molecule has 4 rings (SSSR count). The molecule has 2 aromatic carbocycles. The SMILES string of the molecule is COC(=O)CCn1c(=O)nc(Nc2ccc(-n3ccccc3=O)cc2)n(Cc2ccc(C)cc2)c1=O. The fourth-order valence-corrected chi connectivity index (χ4v) is 3.62. The molecule has 0 fully saturated rings.